The van der Waals surface area contributed by atoms with Crippen LogP contribution in [0.3, 0.4) is 0 Å². The number of para-hydroxylation sites is 1. The monoisotopic (exact) mass is 383 g/mol. The summed E-state index contributed by atoms with van der Waals surface area (Å²) in [6.07, 6.45) is 0.317. The zero-order valence-electron chi connectivity index (χ0n) is 11.8. The van der Waals surface area contributed by atoms with Crippen molar-refractivity contribution in [1.29, 1.82) is 0 Å². The third-order valence-electron chi connectivity index (χ3n) is 3.35. The molecule has 0 spiro atoms. The number of carbonyl (C=O) groups excluding carboxylic acids is 2. The van der Waals surface area contributed by atoms with Gasteiger partial charge >= 0.3 is 121 Å². The summed E-state index contributed by atoms with van der Waals surface area (Å²) < 4.78 is 0.891. The van der Waals surface area contributed by atoms with Crippen molar-refractivity contribution in [2.45, 2.75) is 27.7 Å². The van der Waals surface area contributed by atoms with Gasteiger partial charge in [0.15, 0.2) is 0 Å². The van der Waals surface area contributed by atoms with Crippen molar-refractivity contribution in [3.63, 3.8) is 0 Å². The molecular formula is C14H17NO4Sn. The molecule has 6 heteroatoms. The number of carboxylic acid groups (broad SMARTS) is 1. The van der Waals surface area contributed by atoms with Crippen LogP contribution in [0.15, 0.2) is 18.2 Å². The third-order valence-corrected chi connectivity index (χ3v) is 9.11. The van der Waals surface area contributed by atoms with Gasteiger partial charge in [-0.1, -0.05) is 0 Å². The van der Waals surface area contributed by atoms with Crippen LogP contribution in [0.25, 0.3) is 0 Å². The Balaban J connectivity index is 2.74. The second-order valence-corrected chi connectivity index (χ2v) is 20.3. The molecule has 1 aliphatic rings. The third kappa shape index (κ3) is 2.59. The Labute approximate surface area is 121 Å². The van der Waals surface area contributed by atoms with Crippen LogP contribution in [-0.2, 0) is 9.59 Å². The first-order valence-electron chi connectivity index (χ1n) is 6.46. The van der Waals surface area contributed by atoms with Crippen molar-refractivity contribution in [3.8, 4) is 0 Å². The molecule has 1 aromatic carbocycles. The van der Waals surface area contributed by atoms with Gasteiger partial charge in [0.25, 0.3) is 0 Å². The summed E-state index contributed by atoms with van der Waals surface area (Å²) in [5, 5.41) is 9.36. The number of carboxylic acids is 1. The van der Waals surface area contributed by atoms with Crippen LogP contribution in [0.5, 0.6) is 0 Å². The van der Waals surface area contributed by atoms with Crippen molar-refractivity contribution in [3.05, 3.63) is 23.8 Å². The molecule has 0 bridgehead atoms. The first kappa shape index (κ1) is 15.0. The zero-order chi connectivity index (χ0) is 15.1. The second-order valence-electron chi connectivity index (χ2n) is 5.88. The van der Waals surface area contributed by atoms with Crippen LogP contribution < -0.4 is 8.48 Å². The summed E-state index contributed by atoms with van der Waals surface area (Å²) in [5.41, 5.74) is 0.355. The van der Waals surface area contributed by atoms with Crippen LogP contribution in [0, 0.1) is 0 Å². The average Bonchev–Trinajstić information content (AvgIpc) is 2.66. The van der Waals surface area contributed by atoms with Crippen LogP contribution in [0.1, 0.15) is 23.2 Å². The Hall–Kier alpha value is -1.37. The van der Waals surface area contributed by atoms with E-state index in [2.05, 4.69) is 14.8 Å². The Morgan fingerprint density at radius 3 is 2.15 bits per heavy atom. The van der Waals surface area contributed by atoms with Gasteiger partial charge in [-0.3, -0.25) is 0 Å². The fourth-order valence-electron chi connectivity index (χ4n) is 2.39. The molecule has 5 nitrogen and oxygen atoms in total. The average molecular weight is 382 g/mol. The number of nitrogens with zero attached hydrogens (tertiary/aromatic N) is 1. The summed E-state index contributed by atoms with van der Waals surface area (Å²) >= 11 is -2.67. The Morgan fingerprint density at radius 2 is 1.70 bits per heavy atom. The van der Waals surface area contributed by atoms with Gasteiger partial charge < -0.3 is 0 Å². The number of benzene rings is 1. The standard InChI is InChI=1S/C11H8NO4.3CH3.Sn/c13-9-5-6-10(14)12(9)8-4-2-1-3-7(8)11(15)16;;;;/h1-3H,5-6H2,(H,15,16);3*1H3;. The van der Waals surface area contributed by atoms with Crippen LogP contribution in [0.2, 0.25) is 14.8 Å². The number of carbonyl (C=O) groups is 3. The van der Waals surface area contributed by atoms with Crippen LogP contribution in [-0.4, -0.2) is 41.3 Å². The van der Waals surface area contributed by atoms with Crippen molar-refractivity contribution in [1.82, 2.24) is 0 Å². The van der Waals surface area contributed by atoms with Gasteiger partial charge in [-0.25, -0.2) is 0 Å². The van der Waals surface area contributed by atoms with E-state index in [1.807, 2.05) is 6.07 Å². The molecule has 2 rings (SSSR count). The van der Waals surface area contributed by atoms with Crippen molar-refractivity contribution in [2.24, 2.45) is 0 Å². The van der Waals surface area contributed by atoms with E-state index in [1.54, 1.807) is 6.07 Å². The summed E-state index contributed by atoms with van der Waals surface area (Å²) in [6.45, 7) is 0. The van der Waals surface area contributed by atoms with Gasteiger partial charge in [-0.2, -0.15) is 0 Å². The van der Waals surface area contributed by atoms with E-state index in [4.69, 9.17) is 0 Å². The molecule has 0 radical (unpaired) electrons. The molecule has 1 saturated heterocycles. The van der Waals surface area contributed by atoms with Gasteiger partial charge in [0, 0.05) is 0 Å². The summed E-state index contributed by atoms with van der Waals surface area (Å²) in [4.78, 5) is 42.9. The molecule has 0 saturated carbocycles. The van der Waals surface area contributed by atoms with Gasteiger partial charge in [-0.05, 0) is 0 Å². The maximum absolute atomic E-state index is 12.0. The fraction of sp³-hybridized carbons (Fsp3) is 0.357. The van der Waals surface area contributed by atoms with E-state index < -0.39 is 24.3 Å². The summed E-state index contributed by atoms with van der Waals surface area (Å²) in [7, 11) is 0. The van der Waals surface area contributed by atoms with Crippen molar-refractivity contribution < 1.29 is 19.5 Å². The quantitative estimate of drug-likeness (QED) is 0.637. The molecule has 20 heavy (non-hydrogen) atoms. The summed E-state index contributed by atoms with van der Waals surface area (Å²) in [6, 6.07) is 5.00. The molecule has 1 aliphatic heterocycles. The summed E-state index contributed by atoms with van der Waals surface area (Å²) in [5.74, 6) is -1.72. The Morgan fingerprint density at radius 1 is 1.15 bits per heavy atom. The van der Waals surface area contributed by atoms with E-state index in [0.717, 1.165) is 8.48 Å². The fourth-order valence-corrected chi connectivity index (χ4v) is 6.82. The normalized spacial score (nSPS) is 15.8. The zero-order valence-corrected chi connectivity index (χ0v) is 14.6. The van der Waals surface area contributed by atoms with Crippen molar-refractivity contribution in [2.75, 3.05) is 4.90 Å². The minimum absolute atomic E-state index is 0.0396. The first-order chi connectivity index (χ1) is 9.23. The van der Waals surface area contributed by atoms with Crippen LogP contribution >= 0.6 is 0 Å². The van der Waals surface area contributed by atoms with E-state index in [-0.39, 0.29) is 30.2 Å². The van der Waals surface area contributed by atoms with Crippen LogP contribution in [0.4, 0.5) is 5.69 Å². The molecular weight excluding hydrogens is 365 g/mol. The van der Waals surface area contributed by atoms with Crippen molar-refractivity contribution >= 4 is 45.4 Å². The molecule has 0 aromatic heterocycles. The number of aromatic carboxylic acids is 1. The predicted molar refractivity (Wildman–Crippen MR) is 78.1 cm³/mol. The minimum atomic E-state index is -2.67. The molecule has 0 atom stereocenters. The Bertz CT molecular complexity index is 588. The maximum atomic E-state index is 12.0. The van der Waals surface area contributed by atoms with Gasteiger partial charge in [0.05, 0.1) is 0 Å². The Kier molecular flexibility index (Phi) is 3.90. The number of anilines is 1. The second kappa shape index (κ2) is 5.20. The molecule has 0 unspecified atom stereocenters. The molecule has 0 aliphatic carbocycles. The predicted octanol–water partition coefficient (Wildman–Crippen LogP) is 1.58. The first-order valence-corrected chi connectivity index (χ1v) is 16.4. The number of amides is 2. The van der Waals surface area contributed by atoms with Gasteiger partial charge in [0.2, 0.25) is 0 Å². The van der Waals surface area contributed by atoms with Gasteiger partial charge in [0.1, 0.15) is 0 Å². The van der Waals surface area contributed by atoms with E-state index in [9.17, 15) is 19.5 Å². The number of imide groups is 1. The number of hydrogen-bond acceptors (Lipinski definition) is 3. The molecule has 1 fully saturated rings. The molecule has 1 heterocycles. The molecule has 1 aromatic rings. The van der Waals surface area contributed by atoms with E-state index >= 15 is 0 Å². The SMILES string of the molecule is [CH3][Sn]([CH3])([CH3])[c]1cccc(C(=O)O)c1N1C(=O)CCC1=O. The van der Waals surface area contributed by atoms with E-state index in [0.29, 0.717) is 5.69 Å². The number of hydrogen-bond donors (Lipinski definition) is 1. The van der Waals surface area contributed by atoms with Gasteiger partial charge in [-0.15, -0.1) is 0 Å². The molecule has 106 valence electrons. The topological polar surface area (TPSA) is 74.7 Å². The van der Waals surface area contributed by atoms with E-state index in [1.165, 1.54) is 6.07 Å². The molecule has 2 amide bonds. The molecule has 1 N–H and O–H groups in total. The number of rotatable bonds is 3.